The van der Waals surface area contributed by atoms with Crippen LogP contribution in [0.25, 0.3) is 0 Å². The first-order valence-electron chi connectivity index (χ1n) is 6.26. The summed E-state index contributed by atoms with van der Waals surface area (Å²) in [5.74, 6) is 0. The van der Waals surface area contributed by atoms with Crippen molar-refractivity contribution in [2.45, 2.75) is 39.3 Å². The van der Waals surface area contributed by atoms with Gasteiger partial charge in [-0.25, -0.2) is 0 Å². The molecule has 0 aliphatic heterocycles. The number of aliphatic hydroxyl groups excluding tert-OH is 1. The van der Waals surface area contributed by atoms with Crippen molar-refractivity contribution in [2.24, 2.45) is 5.73 Å². The minimum absolute atomic E-state index is 0.0745. The molecule has 17 heavy (non-hydrogen) atoms. The maximum absolute atomic E-state index is 9.18. The summed E-state index contributed by atoms with van der Waals surface area (Å²) < 4.78 is 0. The van der Waals surface area contributed by atoms with E-state index in [1.807, 2.05) is 6.92 Å². The average molecular weight is 256 g/mol. The minimum Gasteiger partial charge on any atom is -0.395 e. The zero-order valence-electron chi connectivity index (χ0n) is 11.0. The van der Waals surface area contributed by atoms with Gasteiger partial charge in [0.1, 0.15) is 0 Å². The molecular formula is C13H24N2OS. The molecule has 98 valence electrons. The van der Waals surface area contributed by atoms with Gasteiger partial charge < -0.3 is 10.8 Å². The molecule has 0 saturated carbocycles. The predicted molar refractivity (Wildman–Crippen MR) is 74.4 cm³/mol. The summed E-state index contributed by atoms with van der Waals surface area (Å²) >= 11 is 1.76. The van der Waals surface area contributed by atoms with Gasteiger partial charge in [-0.2, -0.15) is 0 Å². The SMILES string of the molecule is CCCN(CCO)C(c1sccc1C)C(C)N. The molecule has 1 aromatic rings. The van der Waals surface area contributed by atoms with Crippen molar-refractivity contribution < 1.29 is 5.11 Å². The third kappa shape index (κ3) is 3.78. The maximum Gasteiger partial charge on any atom is 0.0594 e. The van der Waals surface area contributed by atoms with Crippen molar-refractivity contribution >= 4 is 11.3 Å². The average Bonchev–Trinajstić information content (AvgIpc) is 2.65. The van der Waals surface area contributed by atoms with E-state index in [-0.39, 0.29) is 18.7 Å². The fourth-order valence-electron chi connectivity index (χ4n) is 2.23. The van der Waals surface area contributed by atoms with Gasteiger partial charge in [0.2, 0.25) is 0 Å². The first-order valence-corrected chi connectivity index (χ1v) is 7.14. The lowest BCUT2D eigenvalue weighted by molar-refractivity contribution is 0.138. The van der Waals surface area contributed by atoms with Crippen molar-refractivity contribution in [3.63, 3.8) is 0 Å². The topological polar surface area (TPSA) is 49.5 Å². The molecule has 0 bridgehead atoms. The van der Waals surface area contributed by atoms with Crippen LogP contribution in [-0.2, 0) is 0 Å². The van der Waals surface area contributed by atoms with Crippen LogP contribution >= 0.6 is 11.3 Å². The number of rotatable bonds is 7. The lowest BCUT2D eigenvalue weighted by Crippen LogP contribution is -2.41. The Bertz CT molecular complexity index is 319. The van der Waals surface area contributed by atoms with Gasteiger partial charge in [-0.15, -0.1) is 11.3 Å². The summed E-state index contributed by atoms with van der Waals surface area (Å²) in [7, 11) is 0. The Hall–Kier alpha value is -0.420. The number of nitrogens with two attached hydrogens (primary N) is 1. The molecule has 0 aliphatic rings. The Morgan fingerprint density at radius 2 is 2.18 bits per heavy atom. The Balaban J connectivity index is 2.94. The first-order chi connectivity index (χ1) is 8.11. The van der Waals surface area contributed by atoms with Crippen LogP contribution in [-0.4, -0.2) is 35.7 Å². The van der Waals surface area contributed by atoms with Crippen LogP contribution in [0.2, 0.25) is 0 Å². The standard InChI is InChI=1S/C13H24N2OS/c1-4-6-15(7-8-16)12(11(3)14)13-10(2)5-9-17-13/h5,9,11-12,16H,4,6-8,14H2,1-3H3. The van der Waals surface area contributed by atoms with Gasteiger partial charge in [0, 0.05) is 17.5 Å². The molecular weight excluding hydrogens is 232 g/mol. The van der Waals surface area contributed by atoms with E-state index >= 15 is 0 Å². The lowest BCUT2D eigenvalue weighted by Gasteiger charge is -2.33. The van der Waals surface area contributed by atoms with Gasteiger partial charge in [-0.05, 0) is 43.8 Å². The number of aliphatic hydroxyl groups is 1. The molecule has 4 heteroatoms. The largest absolute Gasteiger partial charge is 0.395 e. The van der Waals surface area contributed by atoms with Gasteiger partial charge >= 0.3 is 0 Å². The number of thiophene rings is 1. The second-order valence-electron chi connectivity index (χ2n) is 4.53. The summed E-state index contributed by atoms with van der Waals surface area (Å²) in [5.41, 5.74) is 7.44. The van der Waals surface area contributed by atoms with E-state index < -0.39 is 0 Å². The van der Waals surface area contributed by atoms with E-state index in [0.29, 0.717) is 6.54 Å². The Morgan fingerprint density at radius 3 is 2.59 bits per heavy atom. The van der Waals surface area contributed by atoms with Crippen LogP contribution < -0.4 is 5.73 Å². The number of nitrogens with zero attached hydrogens (tertiary/aromatic N) is 1. The van der Waals surface area contributed by atoms with Crippen molar-refractivity contribution in [3.8, 4) is 0 Å². The highest BCUT2D eigenvalue weighted by Crippen LogP contribution is 2.30. The van der Waals surface area contributed by atoms with Crippen LogP contribution in [0.1, 0.15) is 36.8 Å². The van der Waals surface area contributed by atoms with Crippen LogP contribution in [0.4, 0.5) is 0 Å². The van der Waals surface area contributed by atoms with Crippen molar-refractivity contribution in [3.05, 3.63) is 21.9 Å². The van der Waals surface area contributed by atoms with Gasteiger partial charge in [0.05, 0.1) is 12.6 Å². The molecule has 0 saturated heterocycles. The van der Waals surface area contributed by atoms with Gasteiger partial charge in [0.15, 0.2) is 0 Å². The highest BCUT2D eigenvalue weighted by molar-refractivity contribution is 7.10. The molecule has 1 heterocycles. The van der Waals surface area contributed by atoms with Crippen LogP contribution in [0, 0.1) is 6.92 Å². The van der Waals surface area contributed by atoms with Gasteiger partial charge in [-0.3, -0.25) is 4.90 Å². The highest BCUT2D eigenvalue weighted by Gasteiger charge is 2.25. The third-order valence-corrected chi connectivity index (χ3v) is 4.05. The Kier molecular flexibility index (Phi) is 6.12. The first kappa shape index (κ1) is 14.6. The summed E-state index contributed by atoms with van der Waals surface area (Å²) in [6.07, 6.45) is 1.08. The molecule has 0 radical (unpaired) electrons. The van der Waals surface area contributed by atoms with E-state index in [4.69, 9.17) is 5.73 Å². The molecule has 0 amide bonds. The molecule has 0 fully saturated rings. The molecule has 1 rings (SSSR count). The molecule has 2 atom stereocenters. The molecule has 3 N–H and O–H groups in total. The van der Waals surface area contributed by atoms with Gasteiger partial charge in [0.25, 0.3) is 0 Å². The van der Waals surface area contributed by atoms with E-state index in [2.05, 4.69) is 30.2 Å². The fourth-order valence-corrected chi connectivity index (χ4v) is 3.41. The fraction of sp³-hybridized carbons (Fsp3) is 0.692. The van der Waals surface area contributed by atoms with Crippen molar-refractivity contribution in [2.75, 3.05) is 19.7 Å². The minimum atomic E-state index is 0.0745. The van der Waals surface area contributed by atoms with E-state index in [9.17, 15) is 5.11 Å². The summed E-state index contributed by atoms with van der Waals surface area (Å²) in [6.45, 7) is 8.19. The van der Waals surface area contributed by atoms with E-state index in [1.165, 1.54) is 10.4 Å². The van der Waals surface area contributed by atoms with Crippen molar-refractivity contribution in [1.29, 1.82) is 0 Å². The third-order valence-electron chi connectivity index (χ3n) is 2.96. The second kappa shape index (κ2) is 7.11. The lowest BCUT2D eigenvalue weighted by atomic mass is 10.0. The van der Waals surface area contributed by atoms with E-state index in [0.717, 1.165) is 13.0 Å². The summed E-state index contributed by atoms with van der Waals surface area (Å²) in [5, 5.41) is 11.3. The second-order valence-corrected chi connectivity index (χ2v) is 5.48. The van der Waals surface area contributed by atoms with Crippen molar-refractivity contribution in [1.82, 2.24) is 4.90 Å². The molecule has 1 aromatic heterocycles. The quantitative estimate of drug-likeness (QED) is 0.786. The molecule has 0 spiro atoms. The maximum atomic E-state index is 9.18. The predicted octanol–water partition coefficient (Wildman–Crippen LogP) is 2.15. The molecule has 3 nitrogen and oxygen atoms in total. The van der Waals surface area contributed by atoms with Crippen LogP contribution in [0.5, 0.6) is 0 Å². The number of aryl methyl sites for hydroxylation is 1. The van der Waals surface area contributed by atoms with Gasteiger partial charge in [-0.1, -0.05) is 6.92 Å². The van der Waals surface area contributed by atoms with Crippen LogP contribution in [0.15, 0.2) is 11.4 Å². The highest BCUT2D eigenvalue weighted by atomic mass is 32.1. The molecule has 2 unspecified atom stereocenters. The Morgan fingerprint density at radius 1 is 1.47 bits per heavy atom. The number of hydrogen-bond donors (Lipinski definition) is 2. The monoisotopic (exact) mass is 256 g/mol. The molecule has 0 aromatic carbocycles. The Labute approximate surface area is 108 Å². The zero-order chi connectivity index (χ0) is 12.8. The van der Waals surface area contributed by atoms with E-state index in [1.54, 1.807) is 11.3 Å². The normalized spacial score (nSPS) is 15.2. The summed E-state index contributed by atoms with van der Waals surface area (Å²) in [4.78, 5) is 3.63. The van der Waals surface area contributed by atoms with Crippen LogP contribution in [0.3, 0.4) is 0 Å². The summed E-state index contributed by atoms with van der Waals surface area (Å²) in [6, 6.07) is 2.44. The number of hydrogen-bond acceptors (Lipinski definition) is 4. The zero-order valence-corrected chi connectivity index (χ0v) is 11.8. The molecule has 0 aliphatic carbocycles. The smallest absolute Gasteiger partial charge is 0.0594 e.